The van der Waals surface area contributed by atoms with Gasteiger partial charge in [-0.25, -0.2) is 13.8 Å². The van der Waals surface area contributed by atoms with Crippen molar-refractivity contribution in [2.45, 2.75) is 55.8 Å². The minimum atomic E-state index is -1.75. The van der Waals surface area contributed by atoms with Gasteiger partial charge in [0.25, 0.3) is 5.56 Å². The lowest BCUT2D eigenvalue weighted by molar-refractivity contribution is -0.142. The number of nitrogens with zero attached hydrogens (tertiary/aromatic N) is 3. The van der Waals surface area contributed by atoms with E-state index in [4.69, 9.17) is 16.9 Å². The first-order valence-electron chi connectivity index (χ1n) is 13.6. The number of piperidine rings is 1. The number of nitrogen functional groups attached to an aromatic ring is 1. The molecular formula is C31H32F2N4O4. The van der Waals surface area contributed by atoms with Gasteiger partial charge in [0.15, 0.2) is 11.4 Å². The molecule has 2 aliphatic rings. The van der Waals surface area contributed by atoms with E-state index in [1.807, 2.05) is 30.3 Å². The van der Waals surface area contributed by atoms with E-state index in [0.29, 0.717) is 6.42 Å². The van der Waals surface area contributed by atoms with Gasteiger partial charge in [-0.2, -0.15) is 0 Å². The number of likely N-dealkylation sites (tertiary alicyclic amines) is 1. The topological polar surface area (TPSA) is 111 Å². The van der Waals surface area contributed by atoms with Crippen LogP contribution in [0.1, 0.15) is 43.6 Å². The lowest BCUT2D eigenvalue weighted by Crippen LogP contribution is -2.52. The van der Waals surface area contributed by atoms with Crippen LogP contribution in [0.5, 0.6) is 11.6 Å². The van der Waals surface area contributed by atoms with Crippen molar-refractivity contribution in [1.82, 2.24) is 14.5 Å². The smallest absolute Gasteiger partial charge is 0.280 e. The molecular weight excluding hydrogens is 530 g/mol. The van der Waals surface area contributed by atoms with Crippen molar-refractivity contribution in [3.05, 3.63) is 82.7 Å². The summed E-state index contributed by atoms with van der Waals surface area (Å²) in [7, 11) is 0. The molecule has 10 heteroatoms. The number of aliphatic hydroxyl groups is 1. The average molecular weight is 563 g/mol. The average Bonchev–Trinajstić information content (AvgIpc) is 2.98. The fraction of sp³-hybridized carbons (Fsp3) is 0.387. The van der Waals surface area contributed by atoms with Gasteiger partial charge in [-0.1, -0.05) is 36.3 Å². The summed E-state index contributed by atoms with van der Waals surface area (Å²) in [6, 6.07) is 14.6. The lowest BCUT2D eigenvalue weighted by atomic mass is 9.69. The maximum atomic E-state index is 15.2. The molecule has 1 saturated heterocycles. The fourth-order valence-corrected chi connectivity index (χ4v) is 5.81. The van der Waals surface area contributed by atoms with Gasteiger partial charge >= 0.3 is 0 Å². The molecule has 3 atom stereocenters. The molecule has 2 aromatic carbocycles. The van der Waals surface area contributed by atoms with Crippen LogP contribution in [0.3, 0.4) is 0 Å². The van der Waals surface area contributed by atoms with Gasteiger partial charge in [0.1, 0.15) is 17.9 Å². The second-order valence-corrected chi connectivity index (χ2v) is 11.0. The number of ether oxygens (including phenoxy) is 1. The number of alkyl halides is 1. The first kappa shape index (κ1) is 28.3. The lowest BCUT2D eigenvalue weighted by Gasteiger charge is -2.43. The Morgan fingerprint density at radius 1 is 1.15 bits per heavy atom. The van der Waals surface area contributed by atoms with E-state index >= 15 is 4.39 Å². The van der Waals surface area contributed by atoms with E-state index in [1.54, 1.807) is 4.90 Å². The van der Waals surface area contributed by atoms with Crippen LogP contribution in [0, 0.1) is 24.1 Å². The number of carbonyl (C=O) groups excluding carboxylic acids is 1. The van der Waals surface area contributed by atoms with Gasteiger partial charge in [-0.05, 0) is 61.4 Å². The van der Waals surface area contributed by atoms with E-state index < -0.39 is 28.6 Å². The molecule has 1 unspecified atom stereocenters. The number of hydrogen-bond acceptors (Lipinski definition) is 6. The Kier molecular flexibility index (Phi) is 7.82. The zero-order valence-electron chi connectivity index (χ0n) is 22.5. The molecule has 41 heavy (non-hydrogen) atoms. The van der Waals surface area contributed by atoms with E-state index in [-0.39, 0.29) is 74.5 Å². The maximum absolute atomic E-state index is 15.2. The number of rotatable bonds is 6. The van der Waals surface area contributed by atoms with Gasteiger partial charge in [0.2, 0.25) is 11.8 Å². The SMILES string of the molecule is C#CC1(F)CC[C@@H](C(=O)N2CCC(O)(Cn3cnc(Oc4ccc(F)cc4)c(N)c3=O)CC2)[C@H](c2ccccc2)C1. The Hall–Kier alpha value is -4.23. The highest BCUT2D eigenvalue weighted by Crippen LogP contribution is 2.45. The van der Waals surface area contributed by atoms with E-state index in [0.717, 1.165) is 5.56 Å². The molecule has 1 aliphatic heterocycles. The van der Waals surface area contributed by atoms with E-state index in [2.05, 4.69) is 10.9 Å². The number of halogens is 2. The molecule has 0 bridgehead atoms. The molecule has 8 nitrogen and oxygen atoms in total. The third kappa shape index (κ3) is 6.10. The molecule has 2 heterocycles. The zero-order chi connectivity index (χ0) is 29.2. The van der Waals surface area contributed by atoms with Crippen LogP contribution in [0.2, 0.25) is 0 Å². The van der Waals surface area contributed by atoms with Crippen LogP contribution < -0.4 is 16.0 Å². The molecule has 3 N–H and O–H groups in total. The second kappa shape index (κ2) is 11.3. The van der Waals surface area contributed by atoms with Crippen molar-refractivity contribution in [1.29, 1.82) is 0 Å². The number of hydrogen-bond donors (Lipinski definition) is 2. The van der Waals surface area contributed by atoms with Crippen LogP contribution in [-0.2, 0) is 11.3 Å². The van der Waals surface area contributed by atoms with Gasteiger partial charge in [-0.15, -0.1) is 6.42 Å². The molecule has 2 fully saturated rings. The summed E-state index contributed by atoms with van der Waals surface area (Å²) in [5, 5.41) is 11.3. The third-order valence-corrected chi connectivity index (χ3v) is 8.22. The van der Waals surface area contributed by atoms with Crippen LogP contribution in [-0.4, -0.2) is 49.8 Å². The minimum Gasteiger partial charge on any atom is -0.437 e. The molecule has 1 aliphatic carbocycles. The normalized spacial score (nSPS) is 23.9. The molecule has 5 rings (SSSR count). The van der Waals surface area contributed by atoms with Gasteiger partial charge in [0.05, 0.1) is 12.1 Å². The van der Waals surface area contributed by atoms with Crippen molar-refractivity contribution < 1.29 is 23.4 Å². The molecule has 0 spiro atoms. The summed E-state index contributed by atoms with van der Waals surface area (Å²) in [5.74, 6) is 1.17. The molecule has 1 amide bonds. The highest BCUT2D eigenvalue weighted by atomic mass is 19.1. The Labute approximate surface area is 236 Å². The van der Waals surface area contributed by atoms with Gasteiger partial charge in [0, 0.05) is 25.4 Å². The number of amides is 1. The number of carbonyl (C=O) groups is 1. The largest absolute Gasteiger partial charge is 0.437 e. The molecule has 1 aromatic heterocycles. The number of nitrogens with two attached hydrogens (primary N) is 1. The monoisotopic (exact) mass is 562 g/mol. The Bertz CT molecular complexity index is 1500. The summed E-state index contributed by atoms with van der Waals surface area (Å²) in [4.78, 5) is 32.4. The number of aromatic nitrogens is 2. The molecule has 214 valence electrons. The zero-order valence-corrected chi connectivity index (χ0v) is 22.5. The Morgan fingerprint density at radius 2 is 1.83 bits per heavy atom. The molecule has 0 radical (unpaired) electrons. The number of terminal acetylenes is 1. The molecule has 3 aromatic rings. The predicted octanol–water partition coefficient (Wildman–Crippen LogP) is 4.04. The summed E-state index contributed by atoms with van der Waals surface area (Å²) >= 11 is 0. The minimum absolute atomic E-state index is 0.0650. The Morgan fingerprint density at radius 3 is 2.49 bits per heavy atom. The second-order valence-electron chi connectivity index (χ2n) is 11.0. The van der Waals surface area contributed by atoms with E-state index in [1.165, 1.54) is 35.2 Å². The van der Waals surface area contributed by atoms with Crippen LogP contribution in [0.15, 0.2) is 65.7 Å². The van der Waals surface area contributed by atoms with Crippen molar-refractivity contribution in [3.8, 4) is 24.0 Å². The van der Waals surface area contributed by atoms with Crippen LogP contribution >= 0.6 is 0 Å². The van der Waals surface area contributed by atoms with E-state index in [9.17, 15) is 19.1 Å². The van der Waals surface area contributed by atoms with Crippen molar-refractivity contribution in [2.75, 3.05) is 18.8 Å². The maximum Gasteiger partial charge on any atom is 0.280 e. The highest BCUT2D eigenvalue weighted by molar-refractivity contribution is 5.80. The third-order valence-electron chi connectivity index (χ3n) is 8.22. The van der Waals surface area contributed by atoms with Crippen molar-refractivity contribution in [3.63, 3.8) is 0 Å². The summed E-state index contributed by atoms with van der Waals surface area (Å²) in [5.41, 5.74) is 3.02. The summed E-state index contributed by atoms with van der Waals surface area (Å²) < 4.78 is 35.1. The summed E-state index contributed by atoms with van der Waals surface area (Å²) in [6.07, 6.45) is 7.76. The van der Waals surface area contributed by atoms with Crippen molar-refractivity contribution >= 4 is 11.6 Å². The fourth-order valence-electron chi connectivity index (χ4n) is 5.81. The predicted molar refractivity (Wildman–Crippen MR) is 149 cm³/mol. The first-order valence-corrected chi connectivity index (χ1v) is 13.6. The number of benzene rings is 2. The van der Waals surface area contributed by atoms with Gasteiger partial charge in [-0.3, -0.25) is 14.2 Å². The highest BCUT2D eigenvalue weighted by Gasteiger charge is 2.45. The van der Waals surface area contributed by atoms with Gasteiger partial charge < -0.3 is 20.5 Å². The Balaban J connectivity index is 1.25. The quantitative estimate of drug-likeness (QED) is 0.439. The number of anilines is 1. The molecule has 1 saturated carbocycles. The first-order chi connectivity index (χ1) is 19.6. The standard InChI is InChI=1S/C31H32F2N4O4/c1-2-30(33)13-12-24(25(18-30)21-6-4-3-5-7-21)28(38)36-16-14-31(40,15-17-36)19-37-20-35-27(26(34)29(37)39)41-23-10-8-22(32)9-11-23/h1,3-11,20,24-25,40H,12-19,34H2/t24-,25+,30?/m1/s1. The van der Waals surface area contributed by atoms with Crippen LogP contribution in [0.4, 0.5) is 14.5 Å². The summed E-state index contributed by atoms with van der Waals surface area (Å²) in [6.45, 7) is 0.504. The van der Waals surface area contributed by atoms with Crippen molar-refractivity contribution in [2.24, 2.45) is 5.92 Å². The van der Waals surface area contributed by atoms with Crippen LogP contribution in [0.25, 0.3) is 0 Å².